The minimum atomic E-state index is -0.138. The van der Waals surface area contributed by atoms with Crippen LogP contribution in [0.25, 0.3) is 0 Å². The Balaban J connectivity index is 2.43. The van der Waals surface area contributed by atoms with E-state index in [9.17, 15) is 4.79 Å². The van der Waals surface area contributed by atoms with Crippen molar-refractivity contribution in [1.82, 2.24) is 10.6 Å². The molecule has 0 aliphatic carbocycles. The van der Waals surface area contributed by atoms with E-state index in [0.29, 0.717) is 6.54 Å². The number of urea groups is 1. The number of carbonyl (C=O) groups is 1. The number of hydrogen-bond acceptors (Lipinski definition) is 2. The summed E-state index contributed by atoms with van der Waals surface area (Å²) in [4.78, 5) is 10.8. The Morgan fingerprint density at radius 3 is 2.83 bits per heavy atom. The van der Waals surface area contributed by atoms with E-state index in [-0.39, 0.29) is 6.03 Å². The van der Waals surface area contributed by atoms with Crippen LogP contribution in [0, 0.1) is 6.92 Å². The van der Waals surface area contributed by atoms with E-state index >= 15 is 0 Å². The van der Waals surface area contributed by atoms with Crippen LogP contribution in [0.1, 0.15) is 11.1 Å². The third kappa shape index (κ3) is 2.23. The molecule has 0 aliphatic rings. The summed E-state index contributed by atoms with van der Waals surface area (Å²) in [6, 6.07) is -0.138. The van der Waals surface area contributed by atoms with Gasteiger partial charge in [0.25, 0.3) is 0 Å². The molecular formula is C8H12N2OS. The fraction of sp³-hybridized carbons (Fsp3) is 0.375. The molecule has 0 atom stereocenters. The van der Waals surface area contributed by atoms with E-state index < -0.39 is 0 Å². The van der Waals surface area contributed by atoms with Gasteiger partial charge in [-0.3, -0.25) is 0 Å². The number of nitrogens with one attached hydrogen (secondary N) is 2. The Morgan fingerprint density at radius 2 is 2.33 bits per heavy atom. The standard InChI is InChI=1S/C8H12N2OS/c1-6-4-12-5-7(6)3-10-8(11)9-2/h4-5H,3H2,1-2H3,(H2,9,10,11). The molecule has 3 nitrogen and oxygen atoms in total. The van der Waals surface area contributed by atoms with Crippen molar-refractivity contribution in [2.75, 3.05) is 7.05 Å². The van der Waals surface area contributed by atoms with Crippen LogP contribution in [-0.4, -0.2) is 13.1 Å². The highest BCUT2D eigenvalue weighted by molar-refractivity contribution is 7.08. The quantitative estimate of drug-likeness (QED) is 0.718. The first-order valence-electron chi connectivity index (χ1n) is 3.71. The summed E-state index contributed by atoms with van der Waals surface area (Å²) in [7, 11) is 1.61. The van der Waals surface area contributed by atoms with Gasteiger partial charge in [0.15, 0.2) is 0 Å². The minimum absolute atomic E-state index is 0.138. The molecule has 0 aromatic carbocycles. The number of hydrogen-bond donors (Lipinski definition) is 2. The SMILES string of the molecule is CNC(=O)NCc1cscc1C. The van der Waals surface area contributed by atoms with Gasteiger partial charge in [0, 0.05) is 13.6 Å². The third-order valence-electron chi connectivity index (χ3n) is 1.63. The van der Waals surface area contributed by atoms with Gasteiger partial charge in [-0.1, -0.05) is 0 Å². The zero-order valence-corrected chi connectivity index (χ0v) is 7.99. The van der Waals surface area contributed by atoms with Gasteiger partial charge in [-0.05, 0) is 28.8 Å². The number of thiophene rings is 1. The lowest BCUT2D eigenvalue weighted by Crippen LogP contribution is -2.32. The van der Waals surface area contributed by atoms with Crippen LogP contribution in [0.3, 0.4) is 0 Å². The number of rotatable bonds is 2. The molecule has 0 saturated heterocycles. The zero-order valence-electron chi connectivity index (χ0n) is 7.18. The van der Waals surface area contributed by atoms with E-state index in [1.165, 1.54) is 11.1 Å². The van der Waals surface area contributed by atoms with Crippen molar-refractivity contribution >= 4 is 17.4 Å². The van der Waals surface area contributed by atoms with E-state index in [0.717, 1.165) is 0 Å². The molecule has 1 heterocycles. The van der Waals surface area contributed by atoms with Crippen LogP contribution in [0.2, 0.25) is 0 Å². The summed E-state index contributed by atoms with van der Waals surface area (Å²) in [5, 5.41) is 9.35. The molecule has 0 saturated carbocycles. The van der Waals surface area contributed by atoms with Crippen molar-refractivity contribution < 1.29 is 4.79 Å². The van der Waals surface area contributed by atoms with Gasteiger partial charge in [0.05, 0.1) is 0 Å². The van der Waals surface area contributed by atoms with E-state index in [2.05, 4.69) is 16.0 Å². The van der Waals surface area contributed by atoms with Gasteiger partial charge < -0.3 is 10.6 Å². The molecule has 0 radical (unpaired) electrons. The highest BCUT2D eigenvalue weighted by Gasteiger charge is 2.00. The van der Waals surface area contributed by atoms with Crippen molar-refractivity contribution in [2.45, 2.75) is 13.5 Å². The average Bonchev–Trinajstić information content (AvgIpc) is 2.47. The smallest absolute Gasteiger partial charge is 0.314 e. The van der Waals surface area contributed by atoms with Gasteiger partial charge in [0.1, 0.15) is 0 Å². The highest BCUT2D eigenvalue weighted by Crippen LogP contribution is 2.12. The first-order valence-corrected chi connectivity index (χ1v) is 4.65. The van der Waals surface area contributed by atoms with Crippen molar-refractivity contribution in [1.29, 1.82) is 0 Å². The molecule has 0 bridgehead atoms. The van der Waals surface area contributed by atoms with E-state index in [1.807, 2.05) is 12.3 Å². The maximum atomic E-state index is 10.8. The Hall–Kier alpha value is -1.03. The van der Waals surface area contributed by atoms with Crippen LogP contribution < -0.4 is 10.6 Å². The molecule has 66 valence electrons. The summed E-state index contributed by atoms with van der Waals surface area (Å²) >= 11 is 1.65. The second-order valence-corrected chi connectivity index (χ2v) is 3.26. The molecule has 1 aromatic rings. The highest BCUT2D eigenvalue weighted by atomic mass is 32.1. The number of aryl methyl sites for hydroxylation is 1. The van der Waals surface area contributed by atoms with Crippen molar-refractivity contribution in [2.24, 2.45) is 0 Å². The molecule has 1 rings (SSSR count). The Kier molecular flexibility index (Phi) is 3.10. The number of carbonyl (C=O) groups excluding carboxylic acids is 1. The van der Waals surface area contributed by atoms with E-state index in [1.54, 1.807) is 18.4 Å². The first kappa shape index (κ1) is 9.06. The van der Waals surface area contributed by atoms with Gasteiger partial charge in [0.2, 0.25) is 0 Å². The Morgan fingerprint density at radius 1 is 1.58 bits per heavy atom. The van der Waals surface area contributed by atoms with Crippen molar-refractivity contribution in [3.05, 3.63) is 21.9 Å². The largest absolute Gasteiger partial charge is 0.341 e. The molecule has 0 fully saturated rings. The third-order valence-corrected chi connectivity index (χ3v) is 2.54. The summed E-state index contributed by atoms with van der Waals surface area (Å²) in [6.07, 6.45) is 0. The maximum absolute atomic E-state index is 10.8. The molecule has 1 aromatic heterocycles. The van der Waals surface area contributed by atoms with Crippen LogP contribution in [0.5, 0.6) is 0 Å². The topological polar surface area (TPSA) is 41.1 Å². The summed E-state index contributed by atoms with van der Waals surface area (Å²) < 4.78 is 0. The van der Waals surface area contributed by atoms with Crippen molar-refractivity contribution in [3.8, 4) is 0 Å². The monoisotopic (exact) mass is 184 g/mol. The summed E-state index contributed by atoms with van der Waals surface area (Å²) in [5.74, 6) is 0. The Labute approximate surface area is 75.8 Å². The second-order valence-electron chi connectivity index (χ2n) is 2.51. The van der Waals surface area contributed by atoms with Gasteiger partial charge >= 0.3 is 6.03 Å². The van der Waals surface area contributed by atoms with Crippen LogP contribution in [0.4, 0.5) is 4.79 Å². The van der Waals surface area contributed by atoms with E-state index in [4.69, 9.17) is 0 Å². The molecule has 2 N–H and O–H groups in total. The molecule has 0 unspecified atom stereocenters. The van der Waals surface area contributed by atoms with Gasteiger partial charge in [-0.2, -0.15) is 11.3 Å². The molecule has 12 heavy (non-hydrogen) atoms. The predicted molar refractivity (Wildman–Crippen MR) is 50.4 cm³/mol. The molecule has 2 amide bonds. The minimum Gasteiger partial charge on any atom is -0.341 e. The fourth-order valence-electron chi connectivity index (χ4n) is 0.832. The summed E-state index contributed by atoms with van der Waals surface area (Å²) in [6.45, 7) is 2.65. The molecular weight excluding hydrogens is 172 g/mol. The van der Waals surface area contributed by atoms with Crippen LogP contribution in [0.15, 0.2) is 10.8 Å². The zero-order chi connectivity index (χ0) is 8.97. The predicted octanol–water partition coefficient (Wildman–Crippen LogP) is 1.49. The Bertz CT molecular complexity index is 270. The molecule has 0 aliphatic heterocycles. The summed E-state index contributed by atoms with van der Waals surface area (Å²) in [5.41, 5.74) is 2.42. The molecule has 4 heteroatoms. The average molecular weight is 184 g/mol. The molecule has 0 spiro atoms. The van der Waals surface area contributed by atoms with Gasteiger partial charge in [-0.15, -0.1) is 0 Å². The lowest BCUT2D eigenvalue weighted by atomic mass is 10.2. The fourth-order valence-corrected chi connectivity index (χ4v) is 1.69. The van der Waals surface area contributed by atoms with Gasteiger partial charge in [-0.25, -0.2) is 4.79 Å². The maximum Gasteiger partial charge on any atom is 0.314 e. The lowest BCUT2D eigenvalue weighted by Gasteiger charge is -2.02. The lowest BCUT2D eigenvalue weighted by molar-refractivity contribution is 0.242. The second kappa shape index (κ2) is 4.11. The number of amides is 2. The normalized spacial score (nSPS) is 9.50. The van der Waals surface area contributed by atoms with Crippen LogP contribution in [-0.2, 0) is 6.54 Å². The van der Waals surface area contributed by atoms with Crippen LogP contribution >= 0.6 is 11.3 Å². The van der Waals surface area contributed by atoms with Crippen molar-refractivity contribution in [3.63, 3.8) is 0 Å². The first-order chi connectivity index (χ1) is 5.74.